The van der Waals surface area contributed by atoms with Crippen molar-refractivity contribution in [3.63, 3.8) is 0 Å². The fourth-order valence-corrected chi connectivity index (χ4v) is 3.16. The quantitative estimate of drug-likeness (QED) is 0.466. The maximum atomic E-state index is 12.1. The summed E-state index contributed by atoms with van der Waals surface area (Å²) in [6, 6.07) is 13.8. The number of amides is 1. The van der Waals surface area contributed by atoms with E-state index < -0.39 is 0 Å². The molecule has 0 saturated heterocycles. The minimum absolute atomic E-state index is 0.0573. The minimum atomic E-state index is -0.0573. The molecule has 1 unspecified atom stereocenters. The summed E-state index contributed by atoms with van der Waals surface area (Å²) in [4.78, 5) is 12.1. The van der Waals surface area contributed by atoms with Gasteiger partial charge in [-0.1, -0.05) is 42.1 Å². The summed E-state index contributed by atoms with van der Waals surface area (Å²) >= 11 is 1.24. The van der Waals surface area contributed by atoms with Gasteiger partial charge in [0.2, 0.25) is 16.9 Å². The van der Waals surface area contributed by atoms with Gasteiger partial charge in [0.05, 0.1) is 12.0 Å². The molecule has 0 fully saturated rings. The highest BCUT2D eigenvalue weighted by molar-refractivity contribution is 7.99. The van der Waals surface area contributed by atoms with Gasteiger partial charge < -0.3 is 15.6 Å². The van der Waals surface area contributed by atoms with Gasteiger partial charge >= 0.3 is 0 Å². The third kappa shape index (κ3) is 4.66. The summed E-state index contributed by atoms with van der Waals surface area (Å²) < 4.78 is 6.59. The highest BCUT2D eigenvalue weighted by atomic mass is 32.2. The molecule has 1 amide bonds. The molecule has 1 atom stereocenters. The second kappa shape index (κ2) is 8.57. The number of furan rings is 1. The Hall–Kier alpha value is -2.74. The van der Waals surface area contributed by atoms with Crippen molar-refractivity contribution >= 4 is 17.7 Å². The summed E-state index contributed by atoms with van der Waals surface area (Å²) in [6.45, 7) is 2.01. The van der Waals surface area contributed by atoms with Crippen molar-refractivity contribution in [3.8, 4) is 11.6 Å². The van der Waals surface area contributed by atoms with Crippen LogP contribution in [0.3, 0.4) is 0 Å². The molecule has 2 aromatic heterocycles. The Balaban J connectivity index is 1.45. The van der Waals surface area contributed by atoms with Crippen LogP contribution in [0.5, 0.6) is 0 Å². The second-order valence-electron chi connectivity index (χ2n) is 5.93. The van der Waals surface area contributed by atoms with Crippen LogP contribution in [-0.4, -0.2) is 32.6 Å². The van der Waals surface area contributed by atoms with Crippen molar-refractivity contribution in [1.82, 2.24) is 20.2 Å². The van der Waals surface area contributed by atoms with Crippen LogP contribution < -0.4 is 11.2 Å². The van der Waals surface area contributed by atoms with Gasteiger partial charge in [-0.2, -0.15) is 0 Å². The predicted octanol–water partition coefficient (Wildman–Crippen LogP) is 2.48. The van der Waals surface area contributed by atoms with Crippen LogP contribution in [0.4, 0.5) is 0 Å². The maximum absolute atomic E-state index is 12.1. The average Bonchev–Trinajstić information content (AvgIpc) is 3.29. The van der Waals surface area contributed by atoms with Crippen LogP contribution in [0.15, 0.2) is 58.3 Å². The van der Waals surface area contributed by atoms with Gasteiger partial charge in [-0.15, -0.1) is 10.2 Å². The Labute approximate surface area is 156 Å². The number of nitrogens with one attached hydrogen (secondary N) is 1. The first-order valence-electron chi connectivity index (χ1n) is 8.34. The lowest BCUT2D eigenvalue weighted by Crippen LogP contribution is -2.34. The number of benzene rings is 1. The third-order valence-corrected chi connectivity index (χ3v) is 4.80. The van der Waals surface area contributed by atoms with E-state index in [0.29, 0.717) is 16.7 Å². The normalized spacial score (nSPS) is 12.0. The molecule has 8 heteroatoms. The van der Waals surface area contributed by atoms with E-state index in [-0.39, 0.29) is 17.7 Å². The van der Waals surface area contributed by atoms with Crippen LogP contribution in [-0.2, 0) is 11.2 Å². The Bertz CT molecular complexity index is 833. The number of thioether (sulfide) groups is 1. The lowest BCUT2D eigenvalue weighted by molar-refractivity contribution is -0.119. The number of nitrogens with two attached hydrogens (primary N) is 1. The molecule has 0 spiro atoms. The molecule has 1 aromatic carbocycles. The minimum Gasteiger partial charge on any atom is -0.461 e. The van der Waals surface area contributed by atoms with Crippen molar-refractivity contribution in [3.05, 3.63) is 54.3 Å². The van der Waals surface area contributed by atoms with E-state index in [0.717, 1.165) is 12.8 Å². The van der Waals surface area contributed by atoms with Gasteiger partial charge in [0.15, 0.2) is 5.76 Å². The first-order valence-corrected chi connectivity index (χ1v) is 9.32. The molecular formula is C18H21N5O2S. The largest absolute Gasteiger partial charge is 0.461 e. The average molecular weight is 371 g/mol. The smallest absolute Gasteiger partial charge is 0.230 e. The predicted molar refractivity (Wildman–Crippen MR) is 101 cm³/mol. The Morgan fingerprint density at radius 2 is 2.08 bits per heavy atom. The molecule has 3 aromatic rings. The van der Waals surface area contributed by atoms with E-state index in [2.05, 4.69) is 27.6 Å². The summed E-state index contributed by atoms with van der Waals surface area (Å²) in [6.07, 6.45) is 3.36. The zero-order valence-electron chi connectivity index (χ0n) is 14.5. The van der Waals surface area contributed by atoms with E-state index in [4.69, 9.17) is 10.3 Å². The fraction of sp³-hybridized carbons (Fsp3) is 0.278. The lowest BCUT2D eigenvalue weighted by Gasteiger charge is -2.13. The number of carbonyl (C=O) groups excluding carboxylic acids is 1. The molecule has 3 N–H and O–H groups in total. The molecule has 0 aliphatic rings. The number of nitrogens with zero attached hydrogens (tertiary/aromatic N) is 3. The van der Waals surface area contributed by atoms with E-state index in [1.165, 1.54) is 22.0 Å². The van der Waals surface area contributed by atoms with E-state index in [1.54, 1.807) is 18.4 Å². The fourth-order valence-electron chi connectivity index (χ4n) is 2.50. The summed E-state index contributed by atoms with van der Waals surface area (Å²) in [5.41, 5.74) is 1.27. The summed E-state index contributed by atoms with van der Waals surface area (Å²) in [5.74, 6) is 7.10. The Morgan fingerprint density at radius 1 is 1.27 bits per heavy atom. The summed E-state index contributed by atoms with van der Waals surface area (Å²) in [5, 5.41) is 11.5. The number of aryl methyl sites for hydroxylation is 1. The van der Waals surface area contributed by atoms with Gasteiger partial charge in [0, 0.05) is 6.04 Å². The molecule has 0 bridgehead atoms. The zero-order chi connectivity index (χ0) is 18.4. The van der Waals surface area contributed by atoms with E-state index in [1.807, 2.05) is 25.1 Å². The van der Waals surface area contributed by atoms with Gasteiger partial charge in [-0.3, -0.25) is 4.79 Å². The number of rotatable bonds is 8. The number of hydrogen-bond donors (Lipinski definition) is 2. The van der Waals surface area contributed by atoms with Crippen LogP contribution in [0.25, 0.3) is 11.6 Å². The summed E-state index contributed by atoms with van der Waals surface area (Å²) in [7, 11) is 0. The van der Waals surface area contributed by atoms with Gasteiger partial charge in [0.1, 0.15) is 0 Å². The molecule has 2 heterocycles. The first kappa shape index (κ1) is 18.1. The maximum Gasteiger partial charge on any atom is 0.230 e. The molecular weight excluding hydrogens is 350 g/mol. The molecule has 0 aliphatic carbocycles. The van der Waals surface area contributed by atoms with Crippen molar-refractivity contribution in [2.75, 3.05) is 11.6 Å². The van der Waals surface area contributed by atoms with E-state index in [9.17, 15) is 4.79 Å². The topological polar surface area (TPSA) is 99.0 Å². The lowest BCUT2D eigenvalue weighted by atomic mass is 10.1. The molecule has 26 heavy (non-hydrogen) atoms. The van der Waals surface area contributed by atoms with Crippen molar-refractivity contribution in [2.45, 2.75) is 31.0 Å². The number of aromatic nitrogens is 3. The Morgan fingerprint density at radius 3 is 2.81 bits per heavy atom. The molecule has 3 rings (SSSR count). The Kier molecular flexibility index (Phi) is 5.96. The monoisotopic (exact) mass is 371 g/mol. The van der Waals surface area contributed by atoms with Crippen LogP contribution in [0.2, 0.25) is 0 Å². The van der Waals surface area contributed by atoms with Crippen molar-refractivity contribution in [2.24, 2.45) is 0 Å². The van der Waals surface area contributed by atoms with Gasteiger partial charge in [-0.05, 0) is 37.5 Å². The van der Waals surface area contributed by atoms with Crippen molar-refractivity contribution in [1.29, 1.82) is 0 Å². The highest BCUT2D eigenvalue weighted by Gasteiger charge is 2.16. The SMILES string of the molecule is CC(CCc1ccccc1)NC(=O)CSc1nnc(-c2ccco2)n1N. The van der Waals surface area contributed by atoms with Crippen LogP contribution in [0.1, 0.15) is 18.9 Å². The second-order valence-corrected chi connectivity index (χ2v) is 6.88. The standard InChI is InChI=1S/C18H21N5O2S/c1-13(9-10-14-6-3-2-4-7-14)20-16(24)12-26-18-22-21-17(23(18)19)15-8-5-11-25-15/h2-8,11,13H,9-10,12,19H2,1H3,(H,20,24). The first-order chi connectivity index (χ1) is 12.6. The van der Waals surface area contributed by atoms with Crippen molar-refractivity contribution < 1.29 is 9.21 Å². The van der Waals surface area contributed by atoms with Gasteiger partial charge in [0.25, 0.3) is 0 Å². The zero-order valence-corrected chi connectivity index (χ0v) is 15.3. The number of hydrogen-bond acceptors (Lipinski definition) is 6. The number of carbonyl (C=O) groups is 1. The molecule has 0 aliphatic heterocycles. The van der Waals surface area contributed by atoms with Crippen LogP contribution >= 0.6 is 11.8 Å². The molecule has 7 nitrogen and oxygen atoms in total. The molecule has 0 radical (unpaired) electrons. The third-order valence-electron chi connectivity index (χ3n) is 3.85. The van der Waals surface area contributed by atoms with Crippen LogP contribution in [0, 0.1) is 0 Å². The molecule has 136 valence electrons. The van der Waals surface area contributed by atoms with Gasteiger partial charge in [-0.25, -0.2) is 4.68 Å². The van der Waals surface area contributed by atoms with E-state index >= 15 is 0 Å². The highest BCUT2D eigenvalue weighted by Crippen LogP contribution is 2.21. The number of nitrogen functional groups attached to an aromatic ring is 1. The molecule has 0 saturated carbocycles.